The van der Waals surface area contributed by atoms with E-state index < -0.39 is 16.1 Å². The number of piperidine rings is 1. The van der Waals surface area contributed by atoms with Crippen molar-refractivity contribution in [2.45, 2.75) is 44.6 Å². The van der Waals surface area contributed by atoms with E-state index in [0.29, 0.717) is 44.6 Å². The summed E-state index contributed by atoms with van der Waals surface area (Å²) in [5.41, 5.74) is 1.49. The largest absolute Gasteiger partial charge is 0.341 e. The zero-order chi connectivity index (χ0) is 24.0. The van der Waals surface area contributed by atoms with Crippen LogP contribution in [0, 0.1) is 12.8 Å². The van der Waals surface area contributed by atoms with Gasteiger partial charge < -0.3 is 10.2 Å². The molecule has 0 aliphatic carbocycles. The average molecular weight is 472 g/mol. The van der Waals surface area contributed by atoms with Gasteiger partial charge in [0.05, 0.1) is 4.90 Å². The van der Waals surface area contributed by atoms with E-state index in [2.05, 4.69) is 5.32 Å². The molecule has 1 heterocycles. The number of rotatable bonds is 8. The van der Waals surface area contributed by atoms with E-state index in [-0.39, 0.29) is 22.6 Å². The number of carbonyl (C=O) groups is 2. The first-order chi connectivity index (χ1) is 15.8. The summed E-state index contributed by atoms with van der Waals surface area (Å²) in [5, 5.41) is 2.95. The van der Waals surface area contributed by atoms with Crippen molar-refractivity contribution in [2.24, 2.45) is 5.92 Å². The van der Waals surface area contributed by atoms with Crippen LogP contribution in [0.25, 0.3) is 0 Å². The topological polar surface area (TPSA) is 86.8 Å². The van der Waals surface area contributed by atoms with E-state index in [1.165, 1.54) is 4.31 Å². The van der Waals surface area contributed by atoms with E-state index in [0.717, 1.165) is 5.56 Å². The first-order valence-electron chi connectivity index (χ1n) is 11.5. The second kappa shape index (κ2) is 10.9. The second-order valence-electron chi connectivity index (χ2n) is 8.38. The molecule has 1 atom stereocenters. The van der Waals surface area contributed by atoms with Gasteiger partial charge in [0.2, 0.25) is 15.9 Å². The Hall–Kier alpha value is -2.71. The molecule has 2 amide bonds. The number of hydrogen-bond acceptors (Lipinski definition) is 4. The van der Waals surface area contributed by atoms with Crippen LogP contribution in [0.4, 0.5) is 0 Å². The van der Waals surface area contributed by atoms with Crippen molar-refractivity contribution < 1.29 is 18.0 Å². The first kappa shape index (κ1) is 24.9. The van der Waals surface area contributed by atoms with Crippen LogP contribution in [0.5, 0.6) is 0 Å². The Kier molecular flexibility index (Phi) is 8.26. The highest BCUT2D eigenvalue weighted by molar-refractivity contribution is 7.89. The fraction of sp³-hybridized carbons (Fsp3) is 0.440. The van der Waals surface area contributed by atoms with E-state index in [4.69, 9.17) is 0 Å². The van der Waals surface area contributed by atoms with E-state index in [1.807, 2.05) is 26.8 Å². The lowest BCUT2D eigenvalue weighted by Gasteiger charge is -2.37. The van der Waals surface area contributed by atoms with Crippen molar-refractivity contribution in [1.29, 1.82) is 0 Å². The third kappa shape index (κ3) is 5.81. The van der Waals surface area contributed by atoms with Gasteiger partial charge in [0, 0.05) is 31.7 Å². The molecular weight excluding hydrogens is 438 g/mol. The molecule has 2 aromatic carbocycles. The van der Waals surface area contributed by atoms with Crippen LogP contribution < -0.4 is 5.32 Å². The van der Waals surface area contributed by atoms with Crippen LogP contribution in [-0.4, -0.2) is 61.7 Å². The zero-order valence-corrected chi connectivity index (χ0v) is 20.3. The molecule has 0 unspecified atom stereocenters. The summed E-state index contributed by atoms with van der Waals surface area (Å²) in [5.74, 6) is -0.560. The molecule has 0 spiro atoms. The predicted molar refractivity (Wildman–Crippen MR) is 128 cm³/mol. The molecule has 8 heteroatoms. The van der Waals surface area contributed by atoms with Gasteiger partial charge >= 0.3 is 0 Å². The van der Waals surface area contributed by atoms with Gasteiger partial charge in [-0.1, -0.05) is 35.9 Å². The molecule has 33 heavy (non-hydrogen) atoms. The minimum atomic E-state index is -3.59. The predicted octanol–water partition coefficient (Wildman–Crippen LogP) is 3.06. The standard InChI is InChI=1S/C25H33N3O4S/c1-4-27(5-2)25(30)23(26-24(29)21-9-7-6-8-10-21)20-15-17-28(18-16-20)33(31,32)22-13-11-19(3)12-14-22/h6-14,20,23H,4-5,15-18H2,1-3H3,(H,26,29)/t23-/m1/s1. The van der Waals surface area contributed by atoms with Crippen LogP contribution in [-0.2, 0) is 14.8 Å². The summed E-state index contributed by atoms with van der Waals surface area (Å²) < 4.78 is 27.6. The number of likely N-dealkylation sites (N-methyl/N-ethyl adjacent to an activating group) is 1. The number of hydrogen-bond donors (Lipinski definition) is 1. The van der Waals surface area contributed by atoms with Crippen molar-refractivity contribution in [3.05, 3.63) is 65.7 Å². The van der Waals surface area contributed by atoms with Gasteiger partial charge in [-0.15, -0.1) is 0 Å². The minimum absolute atomic E-state index is 0.121. The minimum Gasteiger partial charge on any atom is -0.341 e. The Balaban J connectivity index is 1.76. The highest BCUT2D eigenvalue weighted by Crippen LogP contribution is 2.27. The molecule has 1 N–H and O–H groups in total. The van der Waals surface area contributed by atoms with Crippen molar-refractivity contribution >= 4 is 21.8 Å². The molecule has 3 rings (SSSR count). The summed E-state index contributed by atoms with van der Waals surface area (Å²) >= 11 is 0. The van der Waals surface area contributed by atoms with E-state index >= 15 is 0 Å². The van der Waals surface area contributed by atoms with Gasteiger partial charge in [-0.2, -0.15) is 4.31 Å². The van der Waals surface area contributed by atoms with Crippen LogP contribution in [0.3, 0.4) is 0 Å². The normalized spacial score (nSPS) is 16.2. The number of carbonyl (C=O) groups excluding carboxylic acids is 2. The number of nitrogens with one attached hydrogen (secondary N) is 1. The average Bonchev–Trinajstić information content (AvgIpc) is 2.84. The number of amides is 2. The van der Waals surface area contributed by atoms with Gasteiger partial charge in [0.15, 0.2) is 0 Å². The molecule has 1 aliphatic heterocycles. The molecule has 0 radical (unpaired) electrons. The Morgan fingerprint density at radius 2 is 1.58 bits per heavy atom. The third-order valence-electron chi connectivity index (χ3n) is 6.29. The van der Waals surface area contributed by atoms with Gasteiger partial charge in [-0.05, 0) is 63.8 Å². The van der Waals surface area contributed by atoms with E-state index in [1.54, 1.807) is 53.4 Å². The van der Waals surface area contributed by atoms with Crippen molar-refractivity contribution in [3.8, 4) is 0 Å². The number of aryl methyl sites for hydroxylation is 1. The maximum atomic E-state index is 13.3. The quantitative estimate of drug-likeness (QED) is 0.641. The van der Waals surface area contributed by atoms with Gasteiger partial charge in [-0.25, -0.2) is 8.42 Å². The highest BCUT2D eigenvalue weighted by Gasteiger charge is 2.37. The van der Waals surface area contributed by atoms with Crippen LogP contribution >= 0.6 is 0 Å². The first-order valence-corrected chi connectivity index (χ1v) is 12.9. The molecule has 1 aliphatic rings. The Morgan fingerprint density at radius 3 is 2.12 bits per heavy atom. The lowest BCUT2D eigenvalue weighted by atomic mass is 9.89. The van der Waals surface area contributed by atoms with Crippen LogP contribution in [0.1, 0.15) is 42.6 Å². The van der Waals surface area contributed by atoms with Crippen LogP contribution in [0.15, 0.2) is 59.5 Å². The third-order valence-corrected chi connectivity index (χ3v) is 8.21. The SMILES string of the molecule is CCN(CC)C(=O)[C@H](NC(=O)c1ccccc1)C1CCN(S(=O)(=O)c2ccc(C)cc2)CC1. The summed E-state index contributed by atoms with van der Waals surface area (Å²) in [6.45, 7) is 7.46. The Labute approximate surface area is 196 Å². The van der Waals surface area contributed by atoms with Gasteiger partial charge in [0.25, 0.3) is 5.91 Å². The van der Waals surface area contributed by atoms with E-state index in [9.17, 15) is 18.0 Å². The molecular formula is C25H33N3O4S. The number of sulfonamides is 1. The summed E-state index contributed by atoms with van der Waals surface area (Å²) in [4.78, 5) is 28.1. The Morgan fingerprint density at radius 1 is 1.00 bits per heavy atom. The monoisotopic (exact) mass is 471 g/mol. The molecule has 178 valence electrons. The van der Waals surface area contributed by atoms with Gasteiger partial charge in [0.1, 0.15) is 6.04 Å². The molecule has 0 aromatic heterocycles. The number of benzene rings is 2. The molecule has 0 saturated carbocycles. The number of nitrogens with zero attached hydrogens (tertiary/aromatic N) is 2. The van der Waals surface area contributed by atoms with Crippen molar-refractivity contribution in [1.82, 2.24) is 14.5 Å². The molecule has 1 saturated heterocycles. The fourth-order valence-electron chi connectivity index (χ4n) is 4.24. The summed E-state index contributed by atoms with van der Waals surface area (Å²) in [6.07, 6.45) is 0.996. The Bertz CT molecular complexity index is 1040. The molecule has 2 aromatic rings. The lowest BCUT2D eigenvalue weighted by molar-refractivity contribution is -0.134. The fourth-order valence-corrected chi connectivity index (χ4v) is 5.71. The zero-order valence-electron chi connectivity index (χ0n) is 19.5. The smallest absolute Gasteiger partial charge is 0.251 e. The van der Waals surface area contributed by atoms with Crippen LogP contribution in [0.2, 0.25) is 0 Å². The lowest BCUT2D eigenvalue weighted by Crippen LogP contribution is -2.54. The molecule has 7 nitrogen and oxygen atoms in total. The highest BCUT2D eigenvalue weighted by atomic mass is 32.2. The van der Waals surface area contributed by atoms with Crippen molar-refractivity contribution in [2.75, 3.05) is 26.2 Å². The summed E-state index contributed by atoms with van der Waals surface area (Å²) in [6, 6.07) is 15.0. The summed E-state index contributed by atoms with van der Waals surface area (Å²) in [7, 11) is -3.59. The second-order valence-corrected chi connectivity index (χ2v) is 10.3. The maximum absolute atomic E-state index is 13.3. The van der Waals surface area contributed by atoms with Crippen molar-refractivity contribution in [3.63, 3.8) is 0 Å². The molecule has 1 fully saturated rings. The maximum Gasteiger partial charge on any atom is 0.251 e. The van der Waals surface area contributed by atoms with Gasteiger partial charge in [-0.3, -0.25) is 9.59 Å². The molecule has 0 bridgehead atoms.